The van der Waals surface area contributed by atoms with E-state index in [-0.39, 0.29) is 24.2 Å². The highest BCUT2D eigenvalue weighted by Gasteiger charge is 2.31. The zero-order chi connectivity index (χ0) is 16.2. The summed E-state index contributed by atoms with van der Waals surface area (Å²) in [6.45, 7) is 2.81. The number of likely N-dealkylation sites (tertiary alicyclic amines) is 1. The number of hydrogen-bond donors (Lipinski definition) is 2. The second-order valence-corrected chi connectivity index (χ2v) is 6.70. The smallest absolute Gasteiger partial charge is 0.120 e. The molecular formula is C19H22ClNO2. The third-order valence-corrected chi connectivity index (χ3v) is 4.93. The fourth-order valence-corrected chi connectivity index (χ4v) is 3.68. The zero-order valence-corrected chi connectivity index (χ0v) is 13.8. The summed E-state index contributed by atoms with van der Waals surface area (Å²) in [6, 6.07) is 15.7. The minimum atomic E-state index is 0.123. The zero-order valence-electron chi connectivity index (χ0n) is 13.0. The maximum Gasteiger partial charge on any atom is 0.120 e. The molecule has 2 atom stereocenters. The molecule has 2 aromatic rings. The maximum absolute atomic E-state index is 10.2. The maximum atomic E-state index is 10.2. The Hall–Kier alpha value is -1.55. The van der Waals surface area contributed by atoms with Gasteiger partial charge < -0.3 is 10.2 Å². The van der Waals surface area contributed by atoms with Crippen LogP contribution in [0.3, 0.4) is 0 Å². The third-order valence-electron chi connectivity index (χ3n) is 4.69. The first-order valence-electron chi connectivity index (χ1n) is 8.03. The van der Waals surface area contributed by atoms with Gasteiger partial charge in [0.1, 0.15) is 5.75 Å². The molecule has 1 saturated heterocycles. The number of hydrogen-bond acceptors (Lipinski definition) is 3. The number of phenolic OH excluding ortho intramolecular Hbond substituents is 1. The number of phenols is 1. The first-order chi connectivity index (χ1) is 11.2. The van der Waals surface area contributed by atoms with Crippen LogP contribution in [-0.2, 0) is 6.54 Å². The van der Waals surface area contributed by atoms with Gasteiger partial charge >= 0.3 is 0 Å². The molecule has 122 valence electrons. The molecule has 2 N–H and O–H groups in total. The molecule has 0 aromatic heterocycles. The number of aliphatic hydroxyl groups excluding tert-OH is 1. The van der Waals surface area contributed by atoms with E-state index < -0.39 is 0 Å². The van der Waals surface area contributed by atoms with Gasteiger partial charge in [0.15, 0.2) is 0 Å². The van der Waals surface area contributed by atoms with Crippen molar-refractivity contribution in [1.29, 1.82) is 0 Å². The van der Waals surface area contributed by atoms with E-state index in [9.17, 15) is 10.2 Å². The van der Waals surface area contributed by atoms with Crippen LogP contribution in [-0.4, -0.2) is 34.8 Å². The highest BCUT2D eigenvalue weighted by atomic mass is 35.5. The van der Waals surface area contributed by atoms with Gasteiger partial charge in [0.2, 0.25) is 0 Å². The molecule has 0 spiro atoms. The van der Waals surface area contributed by atoms with Crippen LogP contribution in [0.25, 0.3) is 0 Å². The number of halogens is 1. The van der Waals surface area contributed by atoms with Gasteiger partial charge in [-0.05, 0) is 42.1 Å². The SMILES string of the molecule is OC[C@@H]1CN(Cc2ccccc2)CC[C@H]1c1ccc(Cl)cc1O. The molecule has 3 rings (SSSR count). The van der Waals surface area contributed by atoms with Gasteiger partial charge in [-0.1, -0.05) is 48.0 Å². The van der Waals surface area contributed by atoms with E-state index in [1.165, 1.54) is 5.56 Å². The summed E-state index contributed by atoms with van der Waals surface area (Å²) in [7, 11) is 0. The number of aliphatic hydroxyl groups is 1. The van der Waals surface area contributed by atoms with E-state index >= 15 is 0 Å². The predicted molar refractivity (Wildman–Crippen MR) is 92.8 cm³/mol. The van der Waals surface area contributed by atoms with Gasteiger partial charge in [0.05, 0.1) is 0 Å². The molecule has 2 aromatic carbocycles. The van der Waals surface area contributed by atoms with Gasteiger partial charge in [0.25, 0.3) is 0 Å². The summed E-state index contributed by atoms with van der Waals surface area (Å²) in [5.41, 5.74) is 2.18. The molecule has 1 aliphatic heterocycles. The average Bonchev–Trinajstić information content (AvgIpc) is 2.56. The number of rotatable bonds is 4. The largest absolute Gasteiger partial charge is 0.508 e. The fraction of sp³-hybridized carbons (Fsp3) is 0.368. The topological polar surface area (TPSA) is 43.7 Å². The van der Waals surface area contributed by atoms with Crippen molar-refractivity contribution in [3.05, 3.63) is 64.7 Å². The summed E-state index contributed by atoms with van der Waals surface area (Å²) in [5.74, 6) is 0.529. The Labute approximate surface area is 142 Å². The quantitative estimate of drug-likeness (QED) is 0.899. The van der Waals surface area contributed by atoms with Crippen LogP contribution in [0.2, 0.25) is 5.02 Å². The molecule has 0 amide bonds. The summed E-state index contributed by atoms with van der Waals surface area (Å²) in [6.07, 6.45) is 0.924. The van der Waals surface area contributed by atoms with Crippen LogP contribution in [0.15, 0.2) is 48.5 Å². The Morgan fingerprint density at radius 3 is 2.61 bits per heavy atom. The van der Waals surface area contributed by atoms with Gasteiger partial charge in [-0.2, -0.15) is 0 Å². The second kappa shape index (κ2) is 7.35. The highest BCUT2D eigenvalue weighted by Crippen LogP contribution is 2.38. The number of aromatic hydroxyl groups is 1. The lowest BCUT2D eigenvalue weighted by atomic mass is 9.80. The summed E-state index contributed by atoms with van der Waals surface area (Å²) in [5, 5.41) is 20.5. The standard InChI is InChI=1S/C19H22ClNO2/c20-16-6-7-18(19(23)10-16)17-8-9-21(12-15(17)13-22)11-14-4-2-1-3-5-14/h1-7,10,15,17,22-23H,8-9,11-13H2/t15-,17+/m0/s1. The highest BCUT2D eigenvalue weighted by molar-refractivity contribution is 6.30. The van der Waals surface area contributed by atoms with Crippen molar-refractivity contribution in [2.45, 2.75) is 18.9 Å². The molecule has 1 heterocycles. The van der Waals surface area contributed by atoms with Crippen molar-refractivity contribution < 1.29 is 10.2 Å². The first-order valence-corrected chi connectivity index (χ1v) is 8.40. The van der Waals surface area contributed by atoms with E-state index in [0.29, 0.717) is 5.02 Å². The van der Waals surface area contributed by atoms with Gasteiger partial charge in [-0.3, -0.25) is 4.90 Å². The van der Waals surface area contributed by atoms with Crippen LogP contribution in [0.4, 0.5) is 0 Å². The van der Waals surface area contributed by atoms with Gasteiger partial charge in [-0.25, -0.2) is 0 Å². The van der Waals surface area contributed by atoms with Crippen molar-refractivity contribution in [3.8, 4) is 5.75 Å². The average molecular weight is 332 g/mol. The van der Waals surface area contributed by atoms with Gasteiger partial charge in [-0.15, -0.1) is 0 Å². The van der Waals surface area contributed by atoms with Crippen LogP contribution in [0, 0.1) is 5.92 Å². The van der Waals surface area contributed by atoms with Gasteiger partial charge in [0, 0.05) is 30.6 Å². The van der Waals surface area contributed by atoms with Crippen LogP contribution >= 0.6 is 11.6 Å². The van der Waals surface area contributed by atoms with Crippen molar-refractivity contribution in [2.75, 3.05) is 19.7 Å². The normalized spacial score (nSPS) is 22.2. The van der Waals surface area contributed by atoms with E-state index in [0.717, 1.165) is 31.6 Å². The van der Waals surface area contributed by atoms with Crippen LogP contribution in [0.5, 0.6) is 5.75 Å². The molecule has 1 aliphatic rings. The molecule has 0 saturated carbocycles. The lowest BCUT2D eigenvalue weighted by molar-refractivity contribution is 0.0964. The van der Waals surface area contributed by atoms with E-state index in [1.807, 2.05) is 12.1 Å². The minimum Gasteiger partial charge on any atom is -0.508 e. The molecule has 1 fully saturated rings. The Morgan fingerprint density at radius 2 is 1.91 bits per heavy atom. The molecule has 0 radical (unpaired) electrons. The Morgan fingerprint density at radius 1 is 1.13 bits per heavy atom. The van der Waals surface area contributed by atoms with Crippen molar-refractivity contribution in [3.63, 3.8) is 0 Å². The summed E-state index contributed by atoms with van der Waals surface area (Å²) in [4.78, 5) is 2.37. The Balaban J connectivity index is 1.71. The third kappa shape index (κ3) is 3.86. The van der Waals surface area contributed by atoms with E-state index in [2.05, 4.69) is 29.2 Å². The number of nitrogens with zero attached hydrogens (tertiary/aromatic N) is 1. The molecule has 3 nitrogen and oxygen atoms in total. The fourth-order valence-electron chi connectivity index (χ4n) is 3.52. The van der Waals surface area contributed by atoms with Crippen LogP contribution in [0.1, 0.15) is 23.5 Å². The molecule has 0 aliphatic carbocycles. The molecular weight excluding hydrogens is 310 g/mol. The van der Waals surface area contributed by atoms with Crippen molar-refractivity contribution in [1.82, 2.24) is 4.90 Å². The Kier molecular flexibility index (Phi) is 5.21. The van der Waals surface area contributed by atoms with E-state index in [1.54, 1.807) is 12.1 Å². The van der Waals surface area contributed by atoms with Crippen molar-refractivity contribution >= 4 is 11.6 Å². The minimum absolute atomic E-state index is 0.123. The molecule has 0 unspecified atom stereocenters. The summed E-state index contributed by atoms with van der Waals surface area (Å²) < 4.78 is 0. The predicted octanol–water partition coefficient (Wildman–Crippen LogP) is 3.64. The monoisotopic (exact) mass is 331 g/mol. The lowest BCUT2D eigenvalue weighted by Crippen LogP contribution is -2.40. The molecule has 0 bridgehead atoms. The summed E-state index contributed by atoms with van der Waals surface area (Å²) >= 11 is 5.92. The first kappa shape index (κ1) is 16.3. The number of benzene rings is 2. The lowest BCUT2D eigenvalue weighted by Gasteiger charge is -2.38. The van der Waals surface area contributed by atoms with Crippen molar-refractivity contribution in [2.24, 2.45) is 5.92 Å². The number of piperidine rings is 1. The molecule has 23 heavy (non-hydrogen) atoms. The second-order valence-electron chi connectivity index (χ2n) is 6.26. The van der Waals surface area contributed by atoms with Crippen LogP contribution < -0.4 is 0 Å². The van der Waals surface area contributed by atoms with E-state index in [4.69, 9.17) is 11.6 Å². The Bertz CT molecular complexity index is 647. The molecule has 4 heteroatoms.